The maximum absolute atomic E-state index is 5.22. The van der Waals surface area contributed by atoms with Crippen LogP contribution in [-0.2, 0) is 17.9 Å². The quantitative estimate of drug-likeness (QED) is 0.870. The standard InChI is InChI=1S/C17H21NO/c1-13-8-9-15(10-14(13)2)11-18-17-7-5-4-6-16(17)12-19-3/h4-10,18H,11-12H2,1-3H3. The Morgan fingerprint density at radius 3 is 2.53 bits per heavy atom. The molecule has 2 nitrogen and oxygen atoms in total. The van der Waals surface area contributed by atoms with E-state index >= 15 is 0 Å². The summed E-state index contributed by atoms with van der Waals surface area (Å²) in [4.78, 5) is 0. The SMILES string of the molecule is COCc1ccccc1NCc1ccc(C)c(C)c1. The van der Waals surface area contributed by atoms with Crippen LogP contribution in [0.2, 0.25) is 0 Å². The third-order valence-electron chi connectivity index (χ3n) is 3.37. The van der Waals surface area contributed by atoms with Crippen LogP contribution >= 0.6 is 0 Å². The molecule has 0 aliphatic heterocycles. The van der Waals surface area contributed by atoms with Crippen molar-refractivity contribution in [2.45, 2.75) is 27.0 Å². The zero-order chi connectivity index (χ0) is 13.7. The number of para-hydroxylation sites is 1. The minimum absolute atomic E-state index is 0.635. The van der Waals surface area contributed by atoms with Gasteiger partial charge in [0.15, 0.2) is 0 Å². The van der Waals surface area contributed by atoms with Crippen LogP contribution in [0.4, 0.5) is 5.69 Å². The summed E-state index contributed by atoms with van der Waals surface area (Å²) in [5.41, 5.74) is 6.31. The summed E-state index contributed by atoms with van der Waals surface area (Å²) in [6.07, 6.45) is 0. The van der Waals surface area contributed by atoms with Gasteiger partial charge in [0, 0.05) is 24.9 Å². The Labute approximate surface area is 115 Å². The van der Waals surface area contributed by atoms with E-state index in [-0.39, 0.29) is 0 Å². The first-order chi connectivity index (χ1) is 9.20. The molecule has 100 valence electrons. The van der Waals surface area contributed by atoms with E-state index in [1.807, 2.05) is 12.1 Å². The third-order valence-corrected chi connectivity index (χ3v) is 3.37. The molecule has 0 aliphatic rings. The molecule has 0 bridgehead atoms. The lowest BCUT2D eigenvalue weighted by Crippen LogP contribution is -2.03. The lowest BCUT2D eigenvalue weighted by Gasteiger charge is -2.12. The average molecular weight is 255 g/mol. The average Bonchev–Trinajstić information content (AvgIpc) is 2.42. The van der Waals surface area contributed by atoms with Gasteiger partial charge in [-0.1, -0.05) is 36.4 Å². The smallest absolute Gasteiger partial charge is 0.0733 e. The van der Waals surface area contributed by atoms with E-state index in [1.54, 1.807) is 7.11 Å². The van der Waals surface area contributed by atoms with Crippen molar-refractivity contribution in [1.29, 1.82) is 0 Å². The van der Waals surface area contributed by atoms with Gasteiger partial charge in [-0.2, -0.15) is 0 Å². The normalized spacial score (nSPS) is 10.5. The Balaban J connectivity index is 2.07. The first-order valence-electron chi connectivity index (χ1n) is 6.57. The second-order valence-corrected chi connectivity index (χ2v) is 4.86. The van der Waals surface area contributed by atoms with E-state index < -0.39 is 0 Å². The van der Waals surface area contributed by atoms with Crippen molar-refractivity contribution in [2.75, 3.05) is 12.4 Å². The molecule has 2 aromatic carbocycles. The second kappa shape index (κ2) is 6.39. The largest absolute Gasteiger partial charge is 0.381 e. The van der Waals surface area contributed by atoms with E-state index in [0.29, 0.717) is 6.61 Å². The van der Waals surface area contributed by atoms with Gasteiger partial charge in [-0.05, 0) is 36.6 Å². The van der Waals surface area contributed by atoms with Crippen molar-refractivity contribution in [3.8, 4) is 0 Å². The first-order valence-corrected chi connectivity index (χ1v) is 6.57. The molecule has 0 unspecified atom stereocenters. The molecule has 0 aromatic heterocycles. The maximum Gasteiger partial charge on any atom is 0.0733 e. The maximum atomic E-state index is 5.22. The van der Waals surface area contributed by atoms with E-state index in [9.17, 15) is 0 Å². The van der Waals surface area contributed by atoms with Crippen molar-refractivity contribution in [3.63, 3.8) is 0 Å². The van der Waals surface area contributed by atoms with Crippen LogP contribution in [0.3, 0.4) is 0 Å². The summed E-state index contributed by atoms with van der Waals surface area (Å²) >= 11 is 0. The lowest BCUT2D eigenvalue weighted by molar-refractivity contribution is 0.185. The monoisotopic (exact) mass is 255 g/mol. The van der Waals surface area contributed by atoms with Crippen LogP contribution in [-0.4, -0.2) is 7.11 Å². The fourth-order valence-corrected chi connectivity index (χ4v) is 2.08. The van der Waals surface area contributed by atoms with Crippen LogP contribution < -0.4 is 5.32 Å². The minimum Gasteiger partial charge on any atom is -0.381 e. The predicted molar refractivity (Wildman–Crippen MR) is 80.4 cm³/mol. The van der Waals surface area contributed by atoms with Gasteiger partial charge < -0.3 is 10.1 Å². The number of rotatable bonds is 5. The van der Waals surface area contributed by atoms with Gasteiger partial charge in [-0.25, -0.2) is 0 Å². The fraction of sp³-hybridized carbons (Fsp3) is 0.294. The molecular formula is C17H21NO. The molecule has 0 spiro atoms. The summed E-state index contributed by atoms with van der Waals surface area (Å²) in [5.74, 6) is 0. The number of aryl methyl sites for hydroxylation is 2. The van der Waals surface area contributed by atoms with E-state index in [1.165, 1.54) is 22.3 Å². The van der Waals surface area contributed by atoms with Crippen molar-refractivity contribution in [2.24, 2.45) is 0 Å². The zero-order valence-electron chi connectivity index (χ0n) is 11.9. The van der Waals surface area contributed by atoms with Gasteiger partial charge in [-0.15, -0.1) is 0 Å². The van der Waals surface area contributed by atoms with Crippen molar-refractivity contribution < 1.29 is 4.74 Å². The molecule has 0 amide bonds. The number of benzene rings is 2. The highest BCUT2D eigenvalue weighted by Gasteiger charge is 2.01. The van der Waals surface area contributed by atoms with Crippen LogP contribution in [0, 0.1) is 13.8 Å². The molecule has 2 rings (SSSR count). The highest BCUT2D eigenvalue weighted by atomic mass is 16.5. The van der Waals surface area contributed by atoms with Gasteiger partial charge in [0.25, 0.3) is 0 Å². The molecule has 19 heavy (non-hydrogen) atoms. The van der Waals surface area contributed by atoms with E-state index in [0.717, 1.165) is 12.2 Å². The molecule has 0 fully saturated rings. The number of hydrogen-bond donors (Lipinski definition) is 1. The van der Waals surface area contributed by atoms with Gasteiger partial charge in [0.1, 0.15) is 0 Å². The van der Waals surface area contributed by atoms with Crippen LogP contribution in [0.1, 0.15) is 22.3 Å². The van der Waals surface area contributed by atoms with Crippen molar-refractivity contribution in [1.82, 2.24) is 0 Å². The van der Waals surface area contributed by atoms with E-state index in [4.69, 9.17) is 4.74 Å². The lowest BCUT2D eigenvalue weighted by atomic mass is 10.1. The van der Waals surface area contributed by atoms with Gasteiger partial charge >= 0.3 is 0 Å². The molecule has 0 aliphatic carbocycles. The van der Waals surface area contributed by atoms with Crippen molar-refractivity contribution in [3.05, 3.63) is 64.7 Å². The predicted octanol–water partition coefficient (Wildman–Crippen LogP) is 4.06. The number of anilines is 1. The van der Waals surface area contributed by atoms with Gasteiger partial charge in [0.05, 0.1) is 6.61 Å². The Hall–Kier alpha value is -1.80. The number of ether oxygens (including phenoxy) is 1. The van der Waals surface area contributed by atoms with Crippen LogP contribution in [0.25, 0.3) is 0 Å². The molecule has 2 heteroatoms. The second-order valence-electron chi connectivity index (χ2n) is 4.86. The molecule has 0 radical (unpaired) electrons. The van der Waals surface area contributed by atoms with Crippen molar-refractivity contribution >= 4 is 5.69 Å². The summed E-state index contributed by atoms with van der Waals surface area (Å²) in [6, 6.07) is 14.8. The van der Waals surface area contributed by atoms with Crippen LogP contribution in [0.5, 0.6) is 0 Å². The molecule has 0 atom stereocenters. The summed E-state index contributed by atoms with van der Waals surface area (Å²) in [5, 5.41) is 3.48. The Morgan fingerprint density at radius 2 is 1.79 bits per heavy atom. The molecule has 0 heterocycles. The Morgan fingerprint density at radius 1 is 1.00 bits per heavy atom. The fourth-order valence-electron chi connectivity index (χ4n) is 2.08. The molecule has 2 aromatic rings. The first kappa shape index (κ1) is 13.6. The number of nitrogens with one attached hydrogen (secondary N) is 1. The van der Waals surface area contributed by atoms with E-state index in [2.05, 4.69) is 49.5 Å². The highest BCUT2D eigenvalue weighted by molar-refractivity contribution is 5.51. The molecule has 0 saturated heterocycles. The summed E-state index contributed by atoms with van der Waals surface area (Å²) < 4.78 is 5.22. The Bertz CT molecular complexity index is 549. The number of hydrogen-bond acceptors (Lipinski definition) is 2. The molecule has 1 N–H and O–H groups in total. The number of methoxy groups -OCH3 is 1. The third kappa shape index (κ3) is 3.58. The highest BCUT2D eigenvalue weighted by Crippen LogP contribution is 2.17. The topological polar surface area (TPSA) is 21.3 Å². The van der Waals surface area contributed by atoms with Gasteiger partial charge in [0.2, 0.25) is 0 Å². The zero-order valence-corrected chi connectivity index (χ0v) is 11.9. The van der Waals surface area contributed by atoms with Crippen LogP contribution in [0.15, 0.2) is 42.5 Å². The molecule has 0 saturated carbocycles. The van der Waals surface area contributed by atoms with Gasteiger partial charge in [-0.3, -0.25) is 0 Å². The minimum atomic E-state index is 0.635. The molecular weight excluding hydrogens is 234 g/mol. The summed E-state index contributed by atoms with van der Waals surface area (Å²) in [7, 11) is 1.72. The summed E-state index contributed by atoms with van der Waals surface area (Å²) in [6.45, 7) is 5.76. The Kier molecular flexibility index (Phi) is 4.58.